The first-order chi connectivity index (χ1) is 11.8. The second-order valence-corrected chi connectivity index (χ2v) is 6.31. The average Bonchev–Trinajstić information content (AvgIpc) is 2.94. The van der Waals surface area contributed by atoms with Gasteiger partial charge in [0.15, 0.2) is 5.56 Å². The Bertz CT molecular complexity index is 1030. The van der Waals surface area contributed by atoms with Crippen LogP contribution in [0.1, 0.15) is 35.7 Å². The molecule has 3 rings (SSSR count). The van der Waals surface area contributed by atoms with Gasteiger partial charge in [0, 0.05) is 29.7 Å². The molecular weight excluding hydrogens is 320 g/mol. The fraction of sp³-hybridized carbons (Fsp3) is 0.263. The third kappa shape index (κ3) is 2.69. The molecule has 0 aliphatic rings. The largest absolute Gasteiger partial charge is 0.506 e. The molecule has 6 heteroatoms. The molecule has 0 atom stereocenters. The van der Waals surface area contributed by atoms with Gasteiger partial charge in [-0.3, -0.25) is 4.79 Å². The van der Waals surface area contributed by atoms with E-state index in [1.807, 2.05) is 55.9 Å². The maximum Gasteiger partial charge on any atom is 0.347 e. The average molecular weight is 340 g/mol. The van der Waals surface area contributed by atoms with Crippen molar-refractivity contribution in [3.8, 4) is 17.0 Å². The molecule has 0 aliphatic heterocycles. The van der Waals surface area contributed by atoms with Gasteiger partial charge >= 0.3 is 5.97 Å². The van der Waals surface area contributed by atoms with Crippen molar-refractivity contribution >= 4 is 16.9 Å². The smallest absolute Gasteiger partial charge is 0.347 e. The zero-order chi connectivity index (χ0) is 18.3. The third-order valence-electron chi connectivity index (χ3n) is 4.37. The van der Waals surface area contributed by atoms with Crippen LogP contribution in [0, 0.1) is 0 Å². The molecule has 0 saturated carbocycles. The number of methoxy groups -OCH3 is 1. The van der Waals surface area contributed by atoms with E-state index in [1.165, 1.54) is 7.11 Å². The topological polar surface area (TPSA) is 84.3 Å². The molecule has 2 aromatic heterocycles. The van der Waals surface area contributed by atoms with Crippen LogP contribution in [0.25, 0.3) is 22.2 Å². The van der Waals surface area contributed by atoms with E-state index >= 15 is 0 Å². The summed E-state index contributed by atoms with van der Waals surface area (Å²) in [5, 5.41) is 11.6. The molecule has 2 N–H and O–H groups in total. The van der Waals surface area contributed by atoms with Gasteiger partial charge in [-0.15, -0.1) is 0 Å². The lowest BCUT2D eigenvalue weighted by Crippen LogP contribution is -2.21. The van der Waals surface area contributed by atoms with Crippen LogP contribution in [0.5, 0.6) is 5.75 Å². The molecule has 2 heterocycles. The number of ether oxygens (including phenoxy) is 1. The van der Waals surface area contributed by atoms with E-state index < -0.39 is 11.5 Å². The quantitative estimate of drug-likeness (QED) is 0.717. The fourth-order valence-electron chi connectivity index (χ4n) is 3.12. The van der Waals surface area contributed by atoms with Crippen LogP contribution in [0.15, 0.2) is 35.3 Å². The Morgan fingerprint density at radius 1 is 1.28 bits per heavy atom. The van der Waals surface area contributed by atoms with Crippen molar-refractivity contribution in [3.05, 3.63) is 51.9 Å². The van der Waals surface area contributed by atoms with Gasteiger partial charge in [-0.1, -0.05) is 19.9 Å². The minimum absolute atomic E-state index is 0.110. The van der Waals surface area contributed by atoms with Crippen LogP contribution in [0.3, 0.4) is 0 Å². The lowest BCUT2D eigenvalue weighted by atomic mass is 9.94. The lowest BCUT2D eigenvalue weighted by molar-refractivity contribution is 0.0595. The number of aromatic nitrogens is 2. The van der Waals surface area contributed by atoms with Crippen LogP contribution in [-0.2, 0) is 11.8 Å². The monoisotopic (exact) mass is 340 g/mol. The number of aryl methyl sites for hydroxylation is 1. The van der Waals surface area contributed by atoms with Gasteiger partial charge in [0.05, 0.1) is 12.8 Å². The number of carbonyl (C=O) groups is 1. The summed E-state index contributed by atoms with van der Waals surface area (Å²) >= 11 is 0. The molecule has 0 aliphatic carbocycles. The Morgan fingerprint density at radius 2 is 2.00 bits per heavy atom. The van der Waals surface area contributed by atoms with Crippen molar-refractivity contribution < 1.29 is 14.6 Å². The number of fused-ring (bicyclic) bond motifs is 1. The number of H-pyrrole nitrogens is 1. The molecule has 25 heavy (non-hydrogen) atoms. The summed E-state index contributed by atoms with van der Waals surface area (Å²) in [5.41, 5.74) is 1.82. The summed E-state index contributed by atoms with van der Waals surface area (Å²) in [5.74, 6) is -1.29. The summed E-state index contributed by atoms with van der Waals surface area (Å²) in [7, 11) is 3.13. The normalized spacial score (nSPS) is 11.2. The Hall–Kier alpha value is -3.02. The van der Waals surface area contributed by atoms with Gasteiger partial charge in [0.25, 0.3) is 5.56 Å². The second-order valence-electron chi connectivity index (χ2n) is 6.31. The van der Waals surface area contributed by atoms with Crippen LogP contribution in [0.2, 0.25) is 0 Å². The minimum atomic E-state index is -0.856. The Kier molecular flexibility index (Phi) is 4.12. The van der Waals surface area contributed by atoms with E-state index in [-0.39, 0.29) is 17.2 Å². The lowest BCUT2D eigenvalue weighted by Gasteiger charge is -2.16. The predicted molar refractivity (Wildman–Crippen MR) is 96.1 cm³/mol. The maximum atomic E-state index is 12.4. The van der Waals surface area contributed by atoms with Crippen molar-refractivity contribution in [3.63, 3.8) is 0 Å². The molecule has 3 aromatic rings. The van der Waals surface area contributed by atoms with Crippen molar-refractivity contribution in [1.82, 2.24) is 9.55 Å². The number of esters is 1. The van der Waals surface area contributed by atoms with Crippen LogP contribution < -0.4 is 5.56 Å². The van der Waals surface area contributed by atoms with E-state index in [0.29, 0.717) is 11.3 Å². The molecule has 130 valence electrons. The number of rotatable bonds is 3. The highest BCUT2D eigenvalue weighted by Crippen LogP contribution is 2.36. The number of benzene rings is 1. The first-order valence-electron chi connectivity index (χ1n) is 7.98. The number of aromatic amines is 1. The highest BCUT2D eigenvalue weighted by molar-refractivity contribution is 5.94. The number of nitrogens with zero attached hydrogens (tertiary/aromatic N) is 1. The van der Waals surface area contributed by atoms with Gasteiger partial charge in [0.2, 0.25) is 0 Å². The molecule has 0 fully saturated rings. The summed E-state index contributed by atoms with van der Waals surface area (Å²) in [6.07, 6.45) is 1.96. The number of nitrogens with one attached hydrogen (secondary N) is 1. The van der Waals surface area contributed by atoms with Crippen molar-refractivity contribution in [2.24, 2.45) is 7.05 Å². The van der Waals surface area contributed by atoms with Crippen LogP contribution >= 0.6 is 0 Å². The Morgan fingerprint density at radius 3 is 2.64 bits per heavy atom. The maximum absolute atomic E-state index is 12.4. The van der Waals surface area contributed by atoms with E-state index in [2.05, 4.69) is 9.72 Å². The van der Waals surface area contributed by atoms with Gasteiger partial charge < -0.3 is 19.4 Å². The number of pyridine rings is 1. The molecule has 0 saturated heterocycles. The zero-order valence-electron chi connectivity index (χ0n) is 14.6. The molecule has 1 aromatic carbocycles. The summed E-state index contributed by atoms with van der Waals surface area (Å²) in [4.78, 5) is 27.0. The highest BCUT2D eigenvalue weighted by Gasteiger charge is 2.25. The number of aromatic hydroxyl groups is 1. The van der Waals surface area contributed by atoms with E-state index in [0.717, 1.165) is 16.5 Å². The Labute approximate surface area is 144 Å². The molecule has 0 radical (unpaired) electrons. The first kappa shape index (κ1) is 16.8. The van der Waals surface area contributed by atoms with Gasteiger partial charge in [-0.25, -0.2) is 4.79 Å². The van der Waals surface area contributed by atoms with Gasteiger partial charge in [-0.05, 0) is 29.7 Å². The van der Waals surface area contributed by atoms with E-state index in [4.69, 9.17) is 0 Å². The molecule has 0 unspecified atom stereocenters. The van der Waals surface area contributed by atoms with E-state index in [9.17, 15) is 14.7 Å². The molecule has 0 spiro atoms. The minimum Gasteiger partial charge on any atom is -0.506 e. The summed E-state index contributed by atoms with van der Waals surface area (Å²) < 4.78 is 6.62. The summed E-state index contributed by atoms with van der Waals surface area (Å²) in [6, 6.07) is 7.77. The standard InChI is InChI=1S/C19H20N2O4/c1-10(2)14-16(20-18(23)15(17(14)22)19(24)25-4)12-5-6-13-11(9-12)7-8-21(13)3/h5-10H,1-4H3,(H2,20,22,23). The second kappa shape index (κ2) is 6.12. The predicted octanol–water partition coefficient (Wildman–Crippen LogP) is 3.15. The van der Waals surface area contributed by atoms with Crippen molar-refractivity contribution in [2.45, 2.75) is 19.8 Å². The van der Waals surface area contributed by atoms with Crippen molar-refractivity contribution in [1.29, 1.82) is 0 Å². The highest BCUT2D eigenvalue weighted by atomic mass is 16.5. The molecule has 0 amide bonds. The third-order valence-corrected chi connectivity index (χ3v) is 4.37. The van der Waals surface area contributed by atoms with Gasteiger partial charge in [-0.2, -0.15) is 0 Å². The van der Waals surface area contributed by atoms with Crippen LogP contribution in [-0.4, -0.2) is 27.7 Å². The molecule has 0 bridgehead atoms. The van der Waals surface area contributed by atoms with Crippen LogP contribution in [0.4, 0.5) is 0 Å². The van der Waals surface area contributed by atoms with E-state index in [1.54, 1.807) is 0 Å². The van der Waals surface area contributed by atoms with Crippen molar-refractivity contribution in [2.75, 3.05) is 7.11 Å². The molecule has 6 nitrogen and oxygen atoms in total. The molecular formula is C19H20N2O4. The Balaban J connectivity index is 2.30. The SMILES string of the molecule is COC(=O)c1c(O)c(C(C)C)c(-c2ccc3c(ccn3C)c2)[nH]c1=O. The first-order valence-corrected chi connectivity index (χ1v) is 7.98. The number of carbonyl (C=O) groups excluding carboxylic acids is 1. The number of hydrogen-bond acceptors (Lipinski definition) is 4. The zero-order valence-corrected chi connectivity index (χ0v) is 14.6. The van der Waals surface area contributed by atoms with Gasteiger partial charge in [0.1, 0.15) is 5.75 Å². The summed E-state index contributed by atoms with van der Waals surface area (Å²) in [6.45, 7) is 3.78. The fourth-order valence-corrected chi connectivity index (χ4v) is 3.12. The number of hydrogen-bond donors (Lipinski definition) is 2.